The molecule has 1 aromatic rings. The maximum Gasteiger partial charge on any atom is 0.260 e. The molecule has 104 valence electrons. The van der Waals surface area contributed by atoms with E-state index < -0.39 is 11.8 Å². The smallest absolute Gasteiger partial charge is 0.260 e. The SMILES string of the molecule is CC1CN(c2sc(C(N)=O)c(N)c2C(N)=O)CC1C. The van der Waals surface area contributed by atoms with Gasteiger partial charge in [0.25, 0.3) is 11.8 Å². The molecular formula is C12H18N4O2S. The molecule has 1 aliphatic rings. The van der Waals surface area contributed by atoms with Crippen molar-refractivity contribution in [1.29, 1.82) is 0 Å². The van der Waals surface area contributed by atoms with Crippen LogP contribution < -0.4 is 22.1 Å². The van der Waals surface area contributed by atoms with Crippen molar-refractivity contribution in [2.45, 2.75) is 13.8 Å². The lowest BCUT2D eigenvalue weighted by atomic mass is 10.0. The summed E-state index contributed by atoms with van der Waals surface area (Å²) < 4.78 is 0. The summed E-state index contributed by atoms with van der Waals surface area (Å²) in [4.78, 5) is 25.2. The first-order valence-corrected chi connectivity index (χ1v) is 6.91. The maximum absolute atomic E-state index is 11.6. The molecule has 1 aliphatic heterocycles. The van der Waals surface area contributed by atoms with Crippen LogP contribution in [0.4, 0.5) is 10.7 Å². The Hall–Kier alpha value is -1.76. The summed E-state index contributed by atoms with van der Waals surface area (Å²) in [6.07, 6.45) is 0. The Labute approximate surface area is 115 Å². The van der Waals surface area contributed by atoms with Gasteiger partial charge in [0.05, 0.1) is 11.3 Å². The first kappa shape index (κ1) is 13.7. The van der Waals surface area contributed by atoms with E-state index >= 15 is 0 Å². The van der Waals surface area contributed by atoms with Gasteiger partial charge in [0.1, 0.15) is 9.88 Å². The molecule has 2 unspecified atom stereocenters. The van der Waals surface area contributed by atoms with Crippen LogP contribution in [0.3, 0.4) is 0 Å². The molecule has 2 rings (SSSR count). The Morgan fingerprint density at radius 3 is 2.11 bits per heavy atom. The molecule has 1 saturated heterocycles. The van der Waals surface area contributed by atoms with Crippen molar-refractivity contribution in [3.05, 3.63) is 10.4 Å². The molecule has 2 heterocycles. The minimum atomic E-state index is -0.628. The molecule has 0 bridgehead atoms. The molecule has 0 spiro atoms. The van der Waals surface area contributed by atoms with Crippen molar-refractivity contribution < 1.29 is 9.59 Å². The zero-order chi connectivity index (χ0) is 14.3. The van der Waals surface area contributed by atoms with Gasteiger partial charge in [0.15, 0.2) is 0 Å². The maximum atomic E-state index is 11.6. The van der Waals surface area contributed by atoms with E-state index in [-0.39, 0.29) is 16.1 Å². The Kier molecular flexibility index (Phi) is 3.40. The van der Waals surface area contributed by atoms with Gasteiger partial charge in [-0.1, -0.05) is 13.8 Å². The van der Waals surface area contributed by atoms with Gasteiger partial charge in [-0.2, -0.15) is 0 Å². The van der Waals surface area contributed by atoms with E-state index in [1.54, 1.807) is 0 Å². The molecule has 0 saturated carbocycles. The van der Waals surface area contributed by atoms with Crippen LogP contribution >= 0.6 is 11.3 Å². The number of anilines is 2. The minimum Gasteiger partial charge on any atom is -0.397 e. The number of rotatable bonds is 3. The van der Waals surface area contributed by atoms with Crippen molar-refractivity contribution in [3.8, 4) is 0 Å². The topological polar surface area (TPSA) is 115 Å². The molecular weight excluding hydrogens is 264 g/mol. The number of carbonyl (C=O) groups is 2. The van der Waals surface area contributed by atoms with Crippen molar-refractivity contribution >= 4 is 33.8 Å². The van der Waals surface area contributed by atoms with Gasteiger partial charge in [0, 0.05) is 13.1 Å². The summed E-state index contributed by atoms with van der Waals surface area (Å²) in [5.41, 5.74) is 16.8. The van der Waals surface area contributed by atoms with Crippen LogP contribution in [0.25, 0.3) is 0 Å². The van der Waals surface area contributed by atoms with Gasteiger partial charge in [-0.05, 0) is 11.8 Å². The number of primary amides is 2. The zero-order valence-corrected chi connectivity index (χ0v) is 11.8. The predicted molar refractivity (Wildman–Crippen MR) is 76.3 cm³/mol. The molecule has 19 heavy (non-hydrogen) atoms. The van der Waals surface area contributed by atoms with Crippen molar-refractivity contribution in [2.75, 3.05) is 23.7 Å². The third-order valence-corrected chi connectivity index (χ3v) is 4.95. The lowest BCUT2D eigenvalue weighted by Gasteiger charge is -2.17. The van der Waals surface area contributed by atoms with Crippen LogP contribution in [0.15, 0.2) is 0 Å². The first-order chi connectivity index (χ1) is 8.82. The highest BCUT2D eigenvalue weighted by Crippen LogP contribution is 2.40. The molecule has 2 atom stereocenters. The average molecular weight is 282 g/mol. The fraction of sp³-hybridized carbons (Fsp3) is 0.500. The van der Waals surface area contributed by atoms with E-state index in [1.807, 2.05) is 0 Å². The number of hydrogen-bond acceptors (Lipinski definition) is 5. The van der Waals surface area contributed by atoms with Crippen LogP contribution in [0.5, 0.6) is 0 Å². The van der Waals surface area contributed by atoms with Gasteiger partial charge >= 0.3 is 0 Å². The molecule has 7 heteroatoms. The highest BCUT2D eigenvalue weighted by molar-refractivity contribution is 7.19. The van der Waals surface area contributed by atoms with Crippen LogP contribution in [0.1, 0.15) is 33.9 Å². The Bertz CT molecular complexity index is 530. The highest BCUT2D eigenvalue weighted by Gasteiger charge is 2.32. The summed E-state index contributed by atoms with van der Waals surface area (Å²) in [5, 5.41) is 0.662. The van der Waals surface area contributed by atoms with E-state index in [9.17, 15) is 9.59 Å². The third-order valence-electron chi connectivity index (χ3n) is 3.67. The molecule has 2 amide bonds. The van der Waals surface area contributed by atoms with E-state index in [0.29, 0.717) is 16.8 Å². The van der Waals surface area contributed by atoms with Crippen molar-refractivity contribution in [1.82, 2.24) is 0 Å². The lowest BCUT2D eigenvalue weighted by Crippen LogP contribution is -2.23. The van der Waals surface area contributed by atoms with Crippen LogP contribution in [-0.4, -0.2) is 24.9 Å². The summed E-state index contributed by atoms with van der Waals surface area (Å²) in [6, 6.07) is 0. The normalized spacial score (nSPS) is 22.7. The first-order valence-electron chi connectivity index (χ1n) is 6.09. The standard InChI is InChI=1S/C12H18N4O2S/c1-5-3-16(4-6(5)2)12-7(10(14)17)8(13)9(19-12)11(15)18/h5-6H,3-4,13H2,1-2H3,(H2,14,17)(H2,15,18). The fourth-order valence-corrected chi connectivity index (χ4v) is 3.47. The van der Waals surface area contributed by atoms with E-state index in [1.165, 1.54) is 0 Å². The van der Waals surface area contributed by atoms with Crippen LogP contribution in [0.2, 0.25) is 0 Å². The Morgan fingerprint density at radius 2 is 1.68 bits per heavy atom. The zero-order valence-electron chi connectivity index (χ0n) is 11.0. The van der Waals surface area contributed by atoms with Crippen molar-refractivity contribution in [2.24, 2.45) is 23.3 Å². The van der Waals surface area contributed by atoms with Gasteiger partial charge in [-0.25, -0.2) is 0 Å². The molecule has 0 aromatic carbocycles. The molecule has 0 radical (unpaired) electrons. The molecule has 1 aromatic heterocycles. The van der Waals surface area contributed by atoms with Crippen LogP contribution in [-0.2, 0) is 0 Å². The van der Waals surface area contributed by atoms with E-state index in [2.05, 4.69) is 18.7 Å². The lowest BCUT2D eigenvalue weighted by molar-refractivity contribution is 0.0999. The Morgan fingerprint density at radius 1 is 1.16 bits per heavy atom. The molecule has 0 aliphatic carbocycles. The van der Waals surface area contributed by atoms with Crippen LogP contribution in [0, 0.1) is 11.8 Å². The number of thiophene rings is 1. The second-order valence-corrected chi connectivity index (χ2v) is 6.11. The molecule has 6 nitrogen and oxygen atoms in total. The summed E-state index contributed by atoms with van der Waals surface area (Å²) in [7, 11) is 0. The average Bonchev–Trinajstić information content (AvgIpc) is 2.80. The second kappa shape index (κ2) is 4.73. The molecule has 1 fully saturated rings. The third kappa shape index (κ3) is 2.25. The summed E-state index contributed by atoms with van der Waals surface area (Å²) in [5.74, 6) is -0.220. The monoisotopic (exact) mass is 282 g/mol. The van der Waals surface area contributed by atoms with Gasteiger partial charge in [-0.15, -0.1) is 11.3 Å². The number of amides is 2. The fourth-order valence-electron chi connectivity index (χ4n) is 2.37. The Balaban J connectivity index is 2.48. The number of nitrogens with two attached hydrogens (primary N) is 3. The summed E-state index contributed by atoms with van der Waals surface area (Å²) >= 11 is 1.15. The van der Waals surface area contributed by atoms with E-state index in [4.69, 9.17) is 17.2 Å². The van der Waals surface area contributed by atoms with Gasteiger partial charge < -0.3 is 22.1 Å². The largest absolute Gasteiger partial charge is 0.397 e. The quantitative estimate of drug-likeness (QED) is 0.753. The second-order valence-electron chi connectivity index (χ2n) is 5.11. The number of nitrogens with zero attached hydrogens (tertiary/aromatic N) is 1. The number of carbonyl (C=O) groups excluding carboxylic acids is 2. The number of nitrogen functional groups attached to an aromatic ring is 1. The van der Waals surface area contributed by atoms with Crippen molar-refractivity contribution in [3.63, 3.8) is 0 Å². The molecule has 6 N–H and O–H groups in total. The van der Waals surface area contributed by atoms with E-state index in [0.717, 1.165) is 24.4 Å². The minimum absolute atomic E-state index is 0.104. The number of hydrogen-bond donors (Lipinski definition) is 3. The predicted octanol–water partition coefficient (Wildman–Crippen LogP) is 0.620. The van der Waals surface area contributed by atoms with Gasteiger partial charge in [0.2, 0.25) is 0 Å². The highest BCUT2D eigenvalue weighted by atomic mass is 32.1. The van der Waals surface area contributed by atoms with Gasteiger partial charge in [-0.3, -0.25) is 9.59 Å². The summed E-state index contributed by atoms with van der Waals surface area (Å²) in [6.45, 7) is 5.94.